The van der Waals surface area contributed by atoms with Crippen LogP contribution in [0.4, 0.5) is 5.69 Å². The number of hydrogen-bond acceptors (Lipinski definition) is 4. The minimum Gasteiger partial charge on any atom is -0.321 e. The summed E-state index contributed by atoms with van der Waals surface area (Å²) < 4.78 is 27.3. The lowest BCUT2D eigenvalue weighted by Gasteiger charge is -2.11. The van der Waals surface area contributed by atoms with Crippen molar-refractivity contribution < 1.29 is 13.2 Å². The molecule has 0 saturated heterocycles. The van der Waals surface area contributed by atoms with E-state index in [0.717, 1.165) is 6.54 Å². The van der Waals surface area contributed by atoms with Crippen molar-refractivity contribution in [1.29, 1.82) is 0 Å². The highest BCUT2D eigenvalue weighted by Crippen LogP contribution is 2.21. The molecule has 2 rings (SSSR count). The zero-order valence-corrected chi connectivity index (χ0v) is 16.3. The Labute approximate surface area is 159 Å². The fraction of sp³-hybridized carbons (Fsp3) is 0.278. The highest BCUT2D eigenvalue weighted by Gasteiger charge is 2.16. The predicted molar refractivity (Wildman–Crippen MR) is 104 cm³/mol. The van der Waals surface area contributed by atoms with E-state index in [1.807, 2.05) is 19.0 Å². The van der Waals surface area contributed by atoms with Crippen molar-refractivity contribution in [1.82, 2.24) is 9.62 Å². The minimum atomic E-state index is -3.67. The maximum atomic E-state index is 12.4. The highest BCUT2D eigenvalue weighted by molar-refractivity contribution is 7.89. The minimum absolute atomic E-state index is 0.0501. The number of carbonyl (C=O) groups excluding carboxylic acids is 1. The van der Waals surface area contributed by atoms with Gasteiger partial charge in [-0.2, -0.15) is 0 Å². The molecule has 0 aromatic heterocycles. The maximum Gasteiger partial charge on any atom is 0.255 e. The molecule has 0 saturated carbocycles. The maximum absolute atomic E-state index is 12.4. The number of sulfonamides is 1. The molecule has 0 atom stereocenters. The summed E-state index contributed by atoms with van der Waals surface area (Å²) in [7, 11) is 0.182. The van der Waals surface area contributed by atoms with E-state index in [1.165, 1.54) is 18.2 Å². The molecule has 0 heterocycles. The lowest BCUT2D eigenvalue weighted by molar-refractivity contribution is 0.102. The summed E-state index contributed by atoms with van der Waals surface area (Å²) in [5.41, 5.74) is 0.704. The molecule has 1 amide bonds. The summed E-state index contributed by atoms with van der Waals surface area (Å²) in [6, 6.07) is 12.7. The second kappa shape index (κ2) is 9.14. The van der Waals surface area contributed by atoms with Crippen molar-refractivity contribution in [3.8, 4) is 0 Å². The molecule has 2 aromatic rings. The first kappa shape index (κ1) is 20.4. The van der Waals surface area contributed by atoms with Crippen LogP contribution in [-0.4, -0.2) is 46.4 Å². The fourth-order valence-corrected chi connectivity index (χ4v) is 3.55. The van der Waals surface area contributed by atoms with Crippen LogP contribution in [0.25, 0.3) is 0 Å². The van der Waals surface area contributed by atoms with Crippen LogP contribution in [0.3, 0.4) is 0 Å². The number of rotatable bonds is 8. The molecule has 8 heteroatoms. The zero-order valence-electron chi connectivity index (χ0n) is 14.7. The number of para-hydroxylation sites is 1. The number of anilines is 1. The Bertz CT molecular complexity index is 869. The van der Waals surface area contributed by atoms with Crippen molar-refractivity contribution in [2.75, 3.05) is 32.5 Å². The van der Waals surface area contributed by atoms with Gasteiger partial charge in [-0.3, -0.25) is 4.79 Å². The van der Waals surface area contributed by atoms with Gasteiger partial charge >= 0.3 is 0 Å². The first-order chi connectivity index (χ1) is 12.3. The molecule has 0 spiro atoms. The van der Waals surface area contributed by atoms with Crippen LogP contribution in [0.5, 0.6) is 0 Å². The van der Waals surface area contributed by atoms with Crippen LogP contribution in [-0.2, 0) is 10.0 Å². The van der Waals surface area contributed by atoms with Crippen molar-refractivity contribution in [3.63, 3.8) is 0 Å². The molecule has 2 aromatic carbocycles. The van der Waals surface area contributed by atoms with Gasteiger partial charge in [0.25, 0.3) is 5.91 Å². The molecule has 0 bridgehead atoms. The molecular weight excluding hydrogens is 374 g/mol. The van der Waals surface area contributed by atoms with Crippen LogP contribution >= 0.6 is 11.6 Å². The summed E-state index contributed by atoms with van der Waals surface area (Å²) in [6.45, 7) is 1.11. The quantitative estimate of drug-likeness (QED) is 0.673. The van der Waals surface area contributed by atoms with Gasteiger partial charge in [-0.1, -0.05) is 29.8 Å². The third-order valence-electron chi connectivity index (χ3n) is 3.60. The van der Waals surface area contributed by atoms with Crippen molar-refractivity contribution in [2.24, 2.45) is 0 Å². The van der Waals surface area contributed by atoms with E-state index in [4.69, 9.17) is 11.6 Å². The second-order valence-electron chi connectivity index (χ2n) is 6.02. The van der Waals surface area contributed by atoms with Crippen molar-refractivity contribution in [2.45, 2.75) is 11.3 Å². The summed E-state index contributed by atoms with van der Waals surface area (Å²) in [5.74, 6) is -0.428. The van der Waals surface area contributed by atoms with Gasteiger partial charge in [0.1, 0.15) is 0 Å². The van der Waals surface area contributed by atoms with Crippen molar-refractivity contribution >= 4 is 33.2 Å². The standard InChI is InChI=1S/C18H22ClN3O3S/c1-22(2)12-6-11-20-26(24,25)15-8-5-7-14(13-15)18(23)21-17-10-4-3-9-16(17)19/h3-5,7-10,13,20H,6,11-12H2,1-2H3,(H,21,23). The monoisotopic (exact) mass is 395 g/mol. The first-order valence-electron chi connectivity index (χ1n) is 8.10. The van der Waals surface area contributed by atoms with Gasteiger partial charge in [0, 0.05) is 12.1 Å². The van der Waals surface area contributed by atoms with E-state index in [2.05, 4.69) is 10.0 Å². The molecule has 0 aliphatic heterocycles. The summed E-state index contributed by atoms with van der Waals surface area (Å²) in [4.78, 5) is 14.4. The average Bonchev–Trinajstić information content (AvgIpc) is 2.61. The summed E-state index contributed by atoms with van der Waals surface area (Å²) in [5, 5.41) is 3.09. The molecule has 140 valence electrons. The number of halogens is 1. The number of nitrogens with zero attached hydrogens (tertiary/aromatic N) is 1. The predicted octanol–water partition coefficient (Wildman–Crippen LogP) is 2.82. The first-order valence-corrected chi connectivity index (χ1v) is 9.96. The Morgan fingerprint density at radius 3 is 2.54 bits per heavy atom. The number of carbonyl (C=O) groups is 1. The Morgan fingerprint density at radius 2 is 1.85 bits per heavy atom. The molecule has 0 radical (unpaired) electrons. The Kier molecular flexibility index (Phi) is 7.16. The smallest absolute Gasteiger partial charge is 0.255 e. The Balaban J connectivity index is 2.09. The lowest BCUT2D eigenvalue weighted by atomic mass is 10.2. The topological polar surface area (TPSA) is 78.5 Å². The van der Waals surface area contributed by atoms with E-state index < -0.39 is 15.9 Å². The van der Waals surface area contributed by atoms with Gasteiger partial charge in [0.05, 0.1) is 15.6 Å². The van der Waals surface area contributed by atoms with Gasteiger partial charge in [0.2, 0.25) is 10.0 Å². The molecule has 0 fully saturated rings. The molecule has 26 heavy (non-hydrogen) atoms. The second-order valence-corrected chi connectivity index (χ2v) is 8.19. The Hall–Kier alpha value is -1.93. The third kappa shape index (κ3) is 5.81. The zero-order chi connectivity index (χ0) is 19.2. The third-order valence-corrected chi connectivity index (χ3v) is 5.39. The van der Waals surface area contributed by atoms with Crippen LogP contribution in [0.1, 0.15) is 16.8 Å². The molecule has 2 N–H and O–H groups in total. The SMILES string of the molecule is CN(C)CCCNS(=O)(=O)c1cccc(C(=O)Nc2ccccc2Cl)c1. The van der Waals surface area contributed by atoms with Crippen molar-refractivity contribution in [3.05, 3.63) is 59.1 Å². The number of amides is 1. The van der Waals surface area contributed by atoms with Gasteiger partial charge < -0.3 is 10.2 Å². The van der Waals surface area contributed by atoms with E-state index in [-0.39, 0.29) is 10.5 Å². The summed E-state index contributed by atoms with van der Waals surface area (Å²) in [6.07, 6.45) is 0.693. The number of nitrogens with one attached hydrogen (secondary N) is 2. The van der Waals surface area contributed by atoms with E-state index in [9.17, 15) is 13.2 Å². The fourth-order valence-electron chi connectivity index (χ4n) is 2.25. The number of benzene rings is 2. The van der Waals surface area contributed by atoms with Gasteiger partial charge in [-0.05, 0) is 57.4 Å². The van der Waals surface area contributed by atoms with E-state index in [1.54, 1.807) is 30.3 Å². The van der Waals surface area contributed by atoms with Gasteiger partial charge in [-0.15, -0.1) is 0 Å². The average molecular weight is 396 g/mol. The highest BCUT2D eigenvalue weighted by atomic mass is 35.5. The van der Waals surface area contributed by atoms with Crippen LogP contribution in [0, 0.1) is 0 Å². The van der Waals surface area contributed by atoms with E-state index >= 15 is 0 Å². The molecular formula is C18H22ClN3O3S. The van der Waals surface area contributed by atoms with Crippen LogP contribution < -0.4 is 10.0 Å². The van der Waals surface area contributed by atoms with E-state index in [0.29, 0.717) is 23.7 Å². The van der Waals surface area contributed by atoms with Crippen LogP contribution in [0.15, 0.2) is 53.4 Å². The Morgan fingerprint density at radius 1 is 1.12 bits per heavy atom. The molecule has 0 unspecified atom stereocenters. The van der Waals surface area contributed by atoms with Gasteiger partial charge in [0.15, 0.2) is 0 Å². The largest absolute Gasteiger partial charge is 0.321 e. The number of hydrogen-bond donors (Lipinski definition) is 2. The summed E-state index contributed by atoms with van der Waals surface area (Å²) >= 11 is 6.03. The lowest BCUT2D eigenvalue weighted by Crippen LogP contribution is -2.27. The van der Waals surface area contributed by atoms with Gasteiger partial charge in [-0.25, -0.2) is 13.1 Å². The molecule has 6 nitrogen and oxygen atoms in total. The normalized spacial score (nSPS) is 11.5. The molecule has 0 aliphatic rings. The van der Waals surface area contributed by atoms with Crippen LogP contribution in [0.2, 0.25) is 5.02 Å². The molecule has 0 aliphatic carbocycles.